The second-order valence-corrected chi connectivity index (χ2v) is 9.79. The van der Waals surface area contributed by atoms with Gasteiger partial charge in [-0.15, -0.1) is 11.3 Å². The van der Waals surface area contributed by atoms with Gasteiger partial charge in [0, 0.05) is 6.54 Å². The molecule has 1 aromatic heterocycles. The first-order valence-corrected chi connectivity index (χ1v) is 10.5. The molecule has 1 atom stereocenters. The summed E-state index contributed by atoms with van der Waals surface area (Å²) >= 11 is 7.08. The van der Waals surface area contributed by atoms with E-state index in [1.54, 1.807) is 16.4 Å². The molecule has 23 heavy (non-hydrogen) atoms. The van der Waals surface area contributed by atoms with Crippen LogP contribution in [-0.4, -0.2) is 19.3 Å². The van der Waals surface area contributed by atoms with Crippen LogP contribution in [0.25, 0.3) is 0 Å². The lowest BCUT2D eigenvalue weighted by Gasteiger charge is -2.29. The van der Waals surface area contributed by atoms with Crippen LogP contribution in [0.15, 0.2) is 40.6 Å². The molecule has 1 aliphatic heterocycles. The number of thiophene rings is 1. The minimum absolute atomic E-state index is 0.0942. The third-order valence-corrected chi connectivity index (χ3v) is 7.85. The number of aryl methyl sites for hydroxylation is 1. The van der Waals surface area contributed by atoms with E-state index < -0.39 is 10.0 Å². The predicted octanol–water partition coefficient (Wildman–Crippen LogP) is 5.02. The average molecular weight is 370 g/mol. The standard InChI is InChI=1S/C17H20ClNO2S2/c1-13-6-5-7-14(12-13)15-8-3-2-4-11-19(15)23(20,21)17-10-9-16(18)22-17/h5-7,9-10,12,15H,2-4,8,11H2,1H3/t15-/m1/s1. The SMILES string of the molecule is Cc1cccc([C@H]2CCCCCN2S(=O)(=O)c2ccc(Cl)s2)c1. The summed E-state index contributed by atoms with van der Waals surface area (Å²) < 4.78 is 28.7. The van der Waals surface area contributed by atoms with Crippen molar-refractivity contribution in [3.63, 3.8) is 0 Å². The smallest absolute Gasteiger partial charge is 0.206 e. The summed E-state index contributed by atoms with van der Waals surface area (Å²) in [6.07, 6.45) is 3.89. The van der Waals surface area contributed by atoms with E-state index in [-0.39, 0.29) is 6.04 Å². The third kappa shape index (κ3) is 3.63. The molecule has 6 heteroatoms. The van der Waals surface area contributed by atoms with Gasteiger partial charge in [0.25, 0.3) is 10.0 Å². The molecule has 0 saturated carbocycles. The van der Waals surface area contributed by atoms with E-state index in [0.717, 1.165) is 48.1 Å². The van der Waals surface area contributed by atoms with Gasteiger partial charge in [-0.25, -0.2) is 8.42 Å². The van der Waals surface area contributed by atoms with Gasteiger partial charge < -0.3 is 0 Å². The van der Waals surface area contributed by atoms with Gasteiger partial charge in [0.05, 0.1) is 10.4 Å². The quantitative estimate of drug-likeness (QED) is 0.762. The molecule has 1 fully saturated rings. The summed E-state index contributed by atoms with van der Waals surface area (Å²) in [4.78, 5) is 0. The monoisotopic (exact) mass is 369 g/mol. The third-order valence-electron chi connectivity index (χ3n) is 4.24. The minimum atomic E-state index is -3.51. The highest BCUT2D eigenvalue weighted by molar-refractivity contribution is 7.91. The fraction of sp³-hybridized carbons (Fsp3) is 0.412. The molecular weight excluding hydrogens is 350 g/mol. The number of halogens is 1. The number of nitrogens with zero attached hydrogens (tertiary/aromatic N) is 1. The number of benzene rings is 1. The van der Waals surface area contributed by atoms with Crippen molar-refractivity contribution in [2.24, 2.45) is 0 Å². The number of hydrogen-bond donors (Lipinski definition) is 0. The number of hydrogen-bond acceptors (Lipinski definition) is 3. The van der Waals surface area contributed by atoms with Crippen LogP contribution in [0.4, 0.5) is 0 Å². The van der Waals surface area contributed by atoms with Gasteiger partial charge in [0.1, 0.15) is 4.21 Å². The maximum absolute atomic E-state index is 13.1. The van der Waals surface area contributed by atoms with Crippen LogP contribution in [0.5, 0.6) is 0 Å². The van der Waals surface area contributed by atoms with Crippen molar-refractivity contribution >= 4 is 33.0 Å². The van der Waals surface area contributed by atoms with Crippen LogP contribution in [0.3, 0.4) is 0 Å². The molecule has 2 heterocycles. The molecule has 1 aliphatic rings. The summed E-state index contributed by atoms with van der Waals surface area (Å²) in [6.45, 7) is 2.61. The lowest BCUT2D eigenvalue weighted by molar-refractivity contribution is 0.329. The molecule has 1 aromatic carbocycles. The highest BCUT2D eigenvalue weighted by Crippen LogP contribution is 2.37. The fourth-order valence-corrected chi connectivity index (χ4v) is 6.43. The molecule has 1 saturated heterocycles. The van der Waals surface area contributed by atoms with Crippen molar-refractivity contribution in [3.8, 4) is 0 Å². The van der Waals surface area contributed by atoms with Gasteiger partial charge in [-0.05, 0) is 37.5 Å². The van der Waals surface area contributed by atoms with Crippen LogP contribution < -0.4 is 0 Å². The van der Waals surface area contributed by atoms with Gasteiger partial charge in [0.2, 0.25) is 0 Å². The van der Waals surface area contributed by atoms with E-state index in [0.29, 0.717) is 15.1 Å². The van der Waals surface area contributed by atoms with Crippen LogP contribution in [0.2, 0.25) is 4.34 Å². The van der Waals surface area contributed by atoms with Crippen LogP contribution in [0.1, 0.15) is 42.9 Å². The van der Waals surface area contributed by atoms with Crippen molar-refractivity contribution in [3.05, 3.63) is 51.9 Å². The molecule has 0 spiro atoms. The van der Waals surface area contributed by atoms with Crippen LogP contribution >= 0.6 is 22.9 Å². The molecule has 3 nitrogen and oxygen atoms in total. The van der Waals surface area contributed by atoms with Crippen molar-refractivity contribution in [2.75, 3.05) is 6.54 Å². The molecule has 0 bridgehead atoms. The zero-order valence-electron chi connectivity index (χ0n) is 13.0. The molecule has 0 N–H and O–H groups in total. The first-order chi connectivity index (χ1) is 11.0. The Hall–Kier alpha value is -0.880. The van der Waals surface area contributed by atoms with Crippen molar-refractivity contribution in [2.45, 2.75) is 42.9 Å². The Balaban J connectivity index is 2.02. The zero-order valence-corrected chi connectivity index (χ0v) is 15.4. The van der Waals surface area contributed by atoms with E-state index in [4.69, 9.17) is 11.6 Å². The predicted molar refractivity (Wildman–Crippen MR) is 95.6 cm³/mol. The second kappa shape index (κ2) is 6.93. The Morgan fingerprint density at radius 1 is 1.17 bits per heavy atom. The maximum atomic E-state index is 13.1. The van der Waals surface area contributed by atoms with E-state index in [9.17, 15) is 8.42 Å². The molecule has 124 valence electrons. The molecule has 0 radical (unpaired) electrons. The minimum Gasteiger partial charge on any atom is -0.206 e. The first kappa shape index (κ1) is 17.0. The highest BCUT2D eigenvalue weighted by Gasteiger charge is 2.34. The average Bonchev–Trinajstić information content (AvgIpc) is 2.81. The van der Waals surface area contributed by atoms with Crippen molar-refractivity contribution in [1.29, 1.82) is 0 Å². The van der Waals surface area contributed by atoms with Crippen LogP contribution in [-0.2, 0) is 10.0 Å². The van der Waals surface area contributed by atoms with Gasteiger partial charge in [-0.1, -0.05) is 54.3 Å². The van der Waals surface area contributed by atoms with Crippen molar-refractivity contribution in [1.82, 2.24) is 4.31 Å². The molecule has 0 unspecified atom stereocenters. The summed E-state index contributed by atoms with van der Waals surface area (Å²) in [5.74, 6) is 0. The van der Waals surface area contributed by atoms with Crippen LogP contribution in [0, 0.1) is 6.92 Å². The maximum Gasteiger partial charge on any atom is 0.253 e. The Bertz CT molecular complexity index is 785. The molecular formula is C17H20ClNO2S2. The van der Waals surface area contributed by atoms with E-state index >= 15 is 0 Å². The topological polar surface area (TPSA) is 37.4 Å². The summed E-state index contributed by atoms with van der Waals surface area (Å²) in [7, 11) is -3.51. The number of sulfonamides is 1. The summed E-state index contributed by atoms with van der Waals surface area (Å²) in [6, 6.07) is 11.3. The molecule has 3 rings (SSSR count). The molecule has 0 amide bonds. The molecule has 2 aromatic rings. The van der Waals surface area contributed by atoms with E-state index in [1.807, 2.05) is 25.1 Å². The van der Waals surface area contributed by atoms with Gasteiger partial charge >= 0.3 is 0 Å². The lowest BCUT2D eigenvalue weighted by Crippen LogP contribution is -2.34. The first-order valence-electron chi connectivity index (χ1n) is 7.82. The van der Waals surface area contributed by atoms with Crippen molar-refractivity contribution < 1.29 is 8.42 Å². The highest BCUT2D eigenvalue weighted by atomic mass is 35.5. The Labute approximate surface area is 147 Å². The van der Waals surface area contributed by atoms with Gasteiger partial charge in [-0.3, -0.25) is 0 Å². The van der Waals surface area contributed by atoms with E-state index in [1.165, 1.54) is 0 Å². The fourth-order valence-electron chi connectivity index (χ4n) is 3.13. The Morgan fingerprint density at radius 2 is 2.00 bits per heavy atom. The summed E-state index contributed by atoms with van der Waals surface area (Å²) in [5, 5.41) is 0. The van der Waals surface area contributed by atoms with Gasteiger partial charge in [-0.2, -0.15) is 4.31 Å². The van der Waals surface area contributed by atoms with Gasteiger partial charge in [0.15, 0.2) is 0 Å². The normalized spacial score (nSPS) is 20.3. The number of rotatable bonds is 3. The Kier molecular flexibility index (Phi) is 5.11. The Morgan fingerprint density at radius 3 is 2.70 bits per heavy atom. The lowest BCUT2D eigenvalue weighted by atomic mass is 10.0. The molecule has 0 aliphatic carbocycles. The largest absolute Gasteiger partial charge is 0.253 e. The summed E-state index contributed by atoms with van der Waals surface area (Å²) in [5.41, 5.74) is 2.24. The van der Waals surface area contributed by atoms with E-state index in [2.05, 4.69) is 6.07 Å². The second-order valence-electron chi connectivity index (χ2n) is 5.95. The zero-order chi connectivity index (χ0) is 16.4.